The van der Waals surface area contributed by atoms with Crippen LogP contribution < -0.4 is 0 Å². The molecule has 0 saturated carbocycles. The van der Waals surface area contributed by atoms with Crippen LogP contribution in [0.15, 0.2) is 126 Å². The van der Waals surface area contributed by atoms with Crippen LogP contribution >= 0.6 is 11.8 Å². The number of hydrogen-bond donors (Lipinski definition) is 0. The van der Waals surface area contributed by atoms with Crippen LogP contribution in [-0.2, 0) is 0 Å². The molecule has 5 aromatic rings. The Balaban J connectivity index is 1.74. The fraction of sp³-hybridized carbons (Fsp3) is 0.147. The molecule has 0 spiro atoms. The van der Waals surface area contributed by atoms with Gasteiger partial charge in [-0.1, -0.05) is 103 Å². The summed E-state index contributed by atoms with van der Waals surface area (Å²) >= 11 is 1.72. The number of pyridine rings is 1. The lowest BCUT2D eigenvalue weighted by atomic mass is 9.81. The molecule has 0 N–H and O–H groups in total. The van der Waals surface area contributed by atoms with E-state index in [1.807, 2.05) is 0 Å². The zero-order valence-corrected chi connectivity index (χ0v) is 22.5. The van der Waals surface area contributed by atoms with Crippen LogP contribution in [0.25, 0.3) is 27.6 Å². The van der Waals surface area contributed by atoms with Gasteiger partial charge in [-0.25, -0.2) is 4.98 Å². The van der Waals surface area contributed by atoms with E-state index in [4.69, 9.17) is 4.98 Å². The third kappa shape index (κ3) is 5.69. The molecule has 0 aliphatic rings. The van der Waals surface area contributed by atoms with Crippen molar-refractivity contribution < 1.29 is 0 Å². The van der Waals surface area contributed by atoms with Crippen LogP contribution in [0.3, 0.4) is 0 Å². The lowest BCUT2D eigenvalue weighted by Gasteiger charge is -2.25. The van der Waals surface area contributed by atoms with Crippen LogP contribution in [0.2, 0.25) is 0 Å². The van der Waals surface area contributed by atoms with Crippen LogP contribution in [0.1, 0.15) is 22.6 Å². The van der Waals surface area contributed by atoms with Crippen molar-refractivity contribution in [1.29, 1.82) is 0 Å². The van der Waals surface area contributed by atoms with E-state index in [2.05, 4.69) is 147 Å². The van der Waals surface area contributed by atoms with E-state index in [0.29, 0.717) is 0 Å². The second kappa shape index (κ2) is 11.6. The van der Waals surface area contributed by atoms with Crippen molar-refractivity contribution in [1.82, 2.24) is 9.88 Å². The molecule has 1 unspecified atom stereocenters. The predicted octanol–water partition coefficient (Wildman–Crippen LogP) is 8.40. The Hall–Kier alpha value is -3.66. The van der Waals surface area contributed by atoms with E-state index < -0.39 is 0 Å². The molecule has 0 radical (unpaired) electrons. The third-order valence-corrected chi connectivity index (χ3v) is 7.36. The van der Waals surface area contributed by atoms with Gasteiger partial charge in [-0.3, -0.25) is 0 Å². The first-order chi connectivity index (χ1) is 18.1. The summed E-state index contributed by atoms with van der Waals surface area (Å²) in [7, 11) is 4.24. The molecule has 3 heteroatoms. The van der Waals surface area contributed by atoms with Gasteiger partial charge in [-0.2, -0.15) is 0 Å². The van der Waals surface area contributed by atoms with Gasteiger partial charge in [-0.05, 0) is 71.9 Å². The molecule has 0 aliphatic carbocycles. The Morgan fingerprint density at radius 2 is 1.43 bits per heavy atom. The summed E-state index contributed by atoms with van der Waals surface area (Å²) in [6.45, 7) is 0.862. The molecule has 0 fully saturated rings. The zero-order chi connectivity index (χ0) is 25.6. The molecule has 1 aromatic heterocycles. The average molecular weight is 501 g/mol. The molecule has 5 rings (SSSR count). The van der Waals surface area contributed by atoms with E-state index in [9.17, 15) is 0 Å². The van der Waals surface area contributed by atoms with Crippen LogP contribution in [0.5, 0.6) is 0 Å². The average Bonchev–Trinajstić information content (AvgIpc) is 2.95. The van der Waals surface area contributed by atoms with Crippen molar-refractivity contribution >= 4 is 28.2 Å². The Bertz CT molecular complexity index is 1490. The quantitative estimate of drug-likeness (QED) is 0.199. The molecule has 37 heavy (non-hydrogen) atoms. The smallest absolute Gasteiger partial charge is 0.101 e. The summed E-state index contributed by atoms with van der Waals surface area (Å²) in [6, 6.07) is 41.2. The Morgan fingerprint density at radius 3 is 2.08 bits per heavy atom. The minimum absolute atomic E-state index is 0.0586. The molecule has 4 aromatic carbocycles. The summed E-state index contributed by atoms with van der Waals surface area (Å²) in [4.78, 5) is 7.39. The number of hydrogen-bond acceptors (Lipinski definition) is 3. The van der Waals surface area contributed by atoms with Gasteiger partial charge in [-0.15, -0.1) is 11.8 Å². The topological polar surface area (TPSA) is 16.1 Å². The summed E-state index contributed by atoms with van der Waals surface area (Å²) in [5.41, 5.74) is 8.51. The van der Waals surface area contributed by atoms with Crippen molar-refractivity contribution in [3.8, 4) is 11.1 Å². The molecule has 0 bridgehead atoms. The number of rotatable bonds is 8. The van der Waals surface area contributed by atoms with Crippen molar-refractivity contribution in [2.45, 2.75) is 10.9 Å². The van der Waals surface area contributed by atoms with Gasteiger partial charge in [0.25, 0.3) is 0 Å². The fourth-order valence-electron chi connectivity index (χ4n) is 4.84. The standard InChI is InChI=1S/C34H32N2S/c1-36(2)22-21-30(26-15-9-5-10-16-26)33(27-17-11-6-12-18-27)31-24-29-23-28(25-13-7-4-8-14-25)19-20-32(29)35-34(31)37-3/h4-21,23-24,33H,22H2,1-3H3. The van der Waals surface area contributed by atoms with Crippen LogP contribution in [0, 0.1) is 0 Å². The Labute approximate surface area is 224 Å². The monoisotopic (exact) mass is 500 g/mol. The van der Waals surface area contributed by atoms with Crippen molar-refractivity contribution in [2.24, 2.45) is 0 Å². The highest BCUT2D eigenvalue weighted by Crippen LogP contribution is 2.42. The highest BCUT2D eigenvalue weighted by Gasteiger charge is 2.24. The molecular weight excluding hydrogens is 468 g/mol. The summed E-state index contributed by atoms with van der Waals surface area (Å²) in [5.74, 6) is 0.0586. The van der Waals surface area contributed by atoms with Gasteiger partial charge in [0.1, 0.15) is 5.03 Å². The molecule has 1 atom stereocenters. The number of thioether (sulfide) groups is 1. The second-order valence-corrected chi connectivity index (χ2v) is 10.3. The molecule has 2 nitrogen and oxygen atoms in total. The van der Waals surface area contributed by atoms with Gasteiger partial charge in [0.15, 0.2) is 0 Å². The maximum Gasteiger partial charge on any atom is 0.101 e. The Morgan fingerprint density at radius 1 is 0.784 bits per heavy atom. The predicted molar refractivity (Wildman–Crippen MR) is 160 cm³/mol. The highest BCUT2D eigenvalue weighted by molar-refractivity contribution is 7.98. The molecule has 0 amide bonds. The molecule has 0 saturated heterocycles. The number of fused-ring (bicyclic) bond motifs is 1. The highest BCUT2D eigenvalue weighted by atomic mass is 32.2. The first kappa shape index (κ1) is 25.0. The largest absolute Gasteiger partial charge is 0.306 e. The molecule has 184 valence electrons. The number of allylic oxidation sites excluding steroid dienone is 1. The number of likely N-dealkylation sites (N-methyl/N-ethyl adjacent to an activating group) is 1. The lowest BCUT2D eigenvalue weighted by Crippen LogP contribution is -2.13. The molecular formula is C34H32N2S. The first-order valence-corrected chi connectivity index (χ1v) is 13.9. The van der Waals surface area contributed by atoms with Crippen LogP contribution in [-0.4, -0.2) is 36.8 Å². The van der Waals surface area contributed by atoms with Gasteiger partial charge in [0.05, 0.1) is 5.52 Å². The van der Waals surface area contributed by atoms with E-state index in [1.165, 1.54) is 33.4 Å². The number of aromatic nitrogens is 1. The fourth-order valence-corrected chi connectivity index (χ4v) is 5.44. The zero-order valence-electron chi connectivity index (χ0n) is 21.6. The van der Waals surface area contributed by atoms with Crippen molar-refractivity contribution in [3.05, 3.63) is 138 Å². The second-order valence-electron chi connectivity index (χ2n) is 9.49. The summed E-state index contributed by atoms with van der Waals surface area (Å²) in [6.07, 6.45) is 4.51. The van der Waals surface area contributed by atoms with Crippen LogP contribution in [0.4, 0.5) is 0 Å². The molecule has 1 heterocycles. The van der Waals surface area contributed by atoms with E-state index >= 15 is 0 Å². The lowest BCUT2D eigenvalue weighted by molar-refractivity contribution is 0.456. The SMILES string of the molecule is CSc1nc2ccc(-c3ccccc3)cc2cc1C(C(=CCN(C)C)c1ccccc1)c1ccccc1. The normalized spacial score (nSPS) is 12.7. The minimum atomic E-state index is 0.0586. The van der Waals surface area contributed by atoms with E-state index in [-0.39, 0.29) is 5.92 Å². The molecule has 0 aliphatic heterocycles. The van der Waals surface area contributed by atoms with Crippen molar-refractivity contribution in [2.75, 3.05) is 26.9 Å². The van der Waals surface area contributed by atoms with Gasteiger partial charge in [0, 0.05) is 17.8 Å². The number of benzene rings is 4. The number of nitrogens with zero attached hydrogens (tertiary/aromatic N) is 2. The minimum Gasteiger partial charge on any atom is -0.306 e. The Kier molecular flexibility index (Phi) is 7.84. The van der Waals surface area contributed by atoms with Gasteiger partial charge >= 0.3 is 0 Å². The summed E-state index contributed by atoms with van der Waals surface area (Å²) in [5, 5.41) is 2.23. The summed E-state index contributed by atoms with van der Waals surface area (Å²) < 4.78 is 0. The van der Waals surface area contributed by atoms with Crippen molar-refractivity contribution in [3.63, 3.8) is 0 Å². The van der Waals surface area contributed by atoms with Gasteiger partial charge < -0.3 is 4.90 Å². The maximum atomic E-state index is 5.17. The van der Waals surface area contributed by atoms with Gasteiger partial charge in [0.2, 0.25) is 0 Å². The first-order valence-electron chi connectivity index (χ1n) is 12.6. The maximum absolute atomic E-state index is 5.17. The third-order valence-electron chi connectivity index (χ3n) is 6.65. The van der Waals surface area contributed by atoms with E-state index in [0.717, 1.165) is 22.5 Å². The van der Waals surface area contributed by atoms with E-state index in [1.54, 1.807) is 11.8 Å².